The van der Waals surface area contributed by atoms with Gasteiger partial charge < -0.3 is 5.32 Å². The van der Waals surface area contributed by atoms with Crippen molar-refractivity contribution in [1.82, 2.24) is 5.32 Å². The summed E-state index contributed by atoms with van der Waals surface area (Å²) in [5.41, 5.74) is 4.01. The van der Waals surface area contributed by atoms with Gasteiger partial charge in [0.1, 0.15) is 0 Å². The van der Waals surface area contributed by atoms with Crippen LogP contribution in [0.25, 0.3) is 0 Å². The Morgan fingerprint density at radius 2 is 1.75 bits per heavy atom. The molecule has 0 aromatic heterocycles. The summed E-state index contributed by atoms with van der Waals surface area (Å²) in [6.07, 6.45) is 0. The highest BCUT2D eigenvalue weighted by Gasteiger charge is 2.13. The summed E-state index contributed by atoms with van der Waals surface area (Å²) in [4.78, 5) is 12.3. The number of amides is 1. The molecule has 0 saturated carbocycles. The van der Waals surface area contributed by atoms with Crippen molar-refractivity contribution < 1.29 is 4.79 Å². The second-order valence-electron chi connectivity index (χ2n) is 5.07. The first kappa shape index (κ1) is 14.8. The van der Waals surface area contributed by atoms with E-state index in [9.17, 15) is 4.79 Å². The second-order valence-corrected chi connectivity index (χ2v) is 5.98. The lowest BCUT2D eigenvalue weighted by Gasteiger charge is -2.15. The highest BCUT2D eigenvalue weighted by atomic mass is 79.9. The van der Waals surface area contributed by atoms with E-state index in [0.717, 1.165) is 15.6 Å². The van der Waals surface area contributed by atoms with Crippen molar-refractivity contribution in [3.8, 4) is 0 Å². The molecule has 1 N–H and O–H groups in total. The maximum atomic E-state index is 12.3. The van der Waals surface area contributed by atoms with Gasteiger partial charge in [0, 0.05) is 10.0 Å². The smallest absolute Gasteiger partial charge is 0.252 e. The number of benzene rings is 2. The van der Waals surface area contributed by atoms with Gasteiger partial charge in [-0.05, 0) is 44.0 Å². The number of rotatable bonds is 3. The molecule has 1 amide bonds. The van der Waals surface area contributed by atoms with E-state index in [1.807, 2.05) is 44.2 Å². The zero-order chi connectivity index (χ0) is 14.7. The van der Waals surface area contributed by atoms with Crippen molar-refractivity contribution in [3.63, 3.8) is 0 Å². The highest BCUT2D eigenvalue weighted by Crippen LogP contribution is 2.18. The van der Waals surface area contributed by atoms with Crippen LogP contribution in [0.1, 0.15) is 40.0 Å². The minimum Gasteiger partial charge on any atom is -0.346 e. The van der Waals surface area contributed by atoms with Gasteiger partial charge in [-0.15, -0.1) is 0 Å². The van der Waals surface area contributed by atoms with Crippen LogP contribution in [0.2, 0.25) is 0 Å². The molecule has 0 fully saturated rings. The normalized spacial score (nSPS) is 12.0. The Hall–Kier alpha value is -1.61. The first-order valence-electron chi connectivity index (χ1n) is 6.61. The fraction of sp³-hybridized carbons (Fsp3) is 0.235. The summed E-state index contributed by atoms with van der Waals surface area (Å²) >= 11 is 3.40. The first-order valence-corrected chi connectivity index (χ1v) is 7.40. The SMILES string of the molecule is Cc1ccc(C(C)NC(=O)c2cc(Br)ccc2C)cc1. The van der Waals surface area contributed by atoms with E-state index >= 15 is 0 Å². The molecule has 0 aliphatic rings. The minimum absolute atomic E-state index is 0.0125. The Kier molecular flexibility index (Phi) is 4.61. The third-order valence-corrected chi connectivity index (χ3v) is 3.86. The molecule has 1 unspecified atom stereocenters. The van der Waals surface area contributed by atoms with Crippen molar-refractivity contribution in [2.45, 2.75) is 26.8 Å². The lowest BCUT2D eigenvalue weighted by molar-refractivity contribution is 0.0939. The van der Waals surface area contributed by atoms with Crippen LogP contribution in [0.5, 0.6) is 0 Å². The monoisotopic (exact) mass is 331 g/mol. The van der Waals surface area contributed by atoms with E-state index in [1.165, 1.54) is 5.56 Å². The standard InChI is InChI=1S/C17H18BrNO/c1-11-4-7-14(8-5-11)13(3)19-17(20)16-10-15(18)9-6-12(16)2/h4-10,13H,1-3H3,(H,19,20). The molecule has 2 rings (SSSR count). The number of hydrogen-bond acceptors (Lipinski definition) is 1. The van der Waals surface area contributed by atoms with E-state index in [0.29, 0.717) is 5.56 Å². The van der Waals surface area contributed by atoms with Crippen LogP contribution < -0.4 is 5.32 Å². The summed E-state index contributed by atoms with van der Waals surface area (Å²) in [5.74, 6) is -0.0446. The van der Waals surface area contributed by atoms with Gasteiger partial charge in [0.2, 0.25) is 0 Å². The molecule has 20 heavy (non-hydrogen) atoms. The van der Waals surface area contributed by atoms with Gasteiger partial charge in [-0.3, -0.25) is 4.79 Å². The van der Waals surface area contributed by atoms with Crippen molar-refractivity contribution in [1.29, 1.82) is 0 Å². The Bertz CT molecular complexity index is 619. The van der Waals surface area contributed by atoms with Gasteiger partial charge in [-0.1, -0.05) is 51.8 Å². The first-order chi connectivity index (χ1) is 9.47. The summed E-state index contributed by atoms with van der Waals surface area (Å²) in [7, 11) is 0. The third-order valence-electron chi connectivity index (χ3n) is 3.37. The molecule has 0 radical (unpaired) electrons. The van der Waals surface area contributed by atoms with Gasteiger partial charge in [-0.2, -0.15) is 0 Å². The van der Waals surface area contributed by atoms with Crippen molar-refractivity contribution >= 4 is 21.8 Å². The Morgan fingerprint density at radius 1 is 1.10 bits per heavy atom. The lowest BCUT2D eigenvalue weighted by Crippen LogP contribution is -2.27. The van der Waals surface area contributed by atoms with Crippen molar-refractivity contribution in [3.05, 3.63) is 69.2 Å². The Balaban J connectivity index is 2.15. The molecule has 2 nitrogen and oxygen atoms in total. The maximum absolute atomic E-state index is 12.3. The van der Waals surface area contributed by atoms with Crippen LogP contribution >= 0.6 is 15.9 Å². The van der Waals surface area contributed by atoms with Gasteiger partial charge in [0.25, 0.3) is 5.91 Å². The Morgan fingerprint density at radius 3 is 2.40 bits per heavy atom. The van der Waals surface area contributed by atoms with E-state index in [4.69, 9.17) is 0 Å². The molecule has 1 atom stereocenters. The Labute approximate surface area is 128 Å². The van der Waals surface area contributed by atoms with Crippen LogP contribution in [0.4, 0.5) is 0 Å². The molecule has 0 bridgehead atoms. The van der Waals surface area contributed by atoms with E-state index in [-0.39, 0.29) is 11.9 Å². The third kappa shape index (κ3) is 3.48. The average Bonchev–Trinajstić information content (AvgIpc) is 2.42. The zero-order valence-corrected chi connectivity index (χ0v) is 13.5. The molecule has 3 heteroatoms. The van der Waals surface area contributed by atoms with Crippen LogP contribution in [-0.2, 0) is 0 Å². The molecule has 0 aliphatic heterocycles. The number of hydrogen-bond donors (Lipinski definition) is 1. The minimum atomic E-state index is -0.0446. The molecule has 2 aromatic rings. The molecular formula is C17H18BrNO. The van der Waals surface area contributed by atoms with E-state index < -0.39 is 0 Å². The van der Waals surface area contributed by atoms with E-state index in [2.05, 4.69) is 40.3 Å². The predicted molar refractivity (Wildman–Crippen MR) is 85.9 cm³/mol. The van der Waals surface area contributed by atoms with E-state index in [1.54, 1.807) is 0 Å². The van der Waals surface area contributed by atoms with Gasteiger partial charge in [0.05, 0.1) is 6.04 Å². The fourth-order valence-electron chi connectivity index (χ4n) is 2.05. The quantitative estimate of drug-likeness (QED) is 0.877. The summed E-state index contributed by atoms with van der Waals surface area (Å²) in [6.45, 7) is 5.99. The van der Waals surface area contributed by atoms with Crippen LogP contribution in [0, 0.1) is 13.8 Å². The fourth-order valence-corrected chi connectivity index (χ4v) is 2.41. The molecular weight excluding hydrogens is 314 g/mol. The average molecular weight is 332 g/mol. The van der Waals surface area contributed by atoms with Gasteiger partial charge in [0.15, 0.2) is 0 Å². The number of halogens is 1. The number of carbonyl (C=O) groups is 1. The highest BCUT2D eigenvalue weighted by molar-refractivity contribution is 9.10. The van der Waals surface area contributed by atoms with Crippen LogP contribution in [-0.4, -0.2) is 5.91 Å². The van der Waals surface area contributed by atoms with Gasteiger partial charge in [-0.25, -0.2) is 0 Å². The van der Waals surface area contributed by atoms with Gasteiger partial charge >= 0.3 is 0 Å². The number of aryl methyl sites for hydroxylation is 2. The molecule has 2 aromatic carbocycles. The summed E-state index contributed by atoms with van der Waals surface area (Å²) < 4.78 is 0.913. The molecule has 0 aliphatic carbocycles. The number of carbonyl (C=O) groups excluding carboxylic acids is 1. The molecule has 0 saturated heterocycles. The lowest BCUT2D eigenvalue weighted by atomic mass is 10.0. The molecule has 104 valence electrons. The predicted octanol–water partition coefficient (Wildman–Crippen LogP) is 4.56. The van der Waals surface area contributed by atoms with Crippen LogP contribution in [0.15, 0.2) is 46.9 Å². The largest absolute Gasteiger partial charge is 0.346 e. The maximum Gasteiger partial charge on any atom is 0.252 e. The topological polar surface area (TPSA) is 29.1 Å². The second kappa shape index (κ2) is 6.23. The zero-order valence-electron chi connectivity index (χ0n) is 11.9. The van der Waals surface area contributed by atoms with Crippen molar-refractivity contribution in [2.24, 2.45) is 0 Å². The van der Waals surface area contributed by atoms with Crippen LogP contribution in [0.3, 0.4) is 0 Å². The summed E-state index contributed by atoms with van der Waals surface area (Å²) in [6, 6.07) is 13.9. The molecule has 0 heterocycles. The summed E-state index contributed by atoms with van der Waals surface area (Å²) in [5, 5.41) is 3.04. The number of nitrogens with one attached hydrogen (secondary N) is 1. The van der Waals surface area contributed by atoms with Crippen molar-refractivity contribution in [2.75, 3.05) is 0 Å². The molecule has 0 spiro atoms.